The summed E-state index contributed by atoms with van der Waals surface area (Å²) in [6.07, 6.45) is 0. The van der Waals surface area contributed by atoms with Crippen LogP contribution in [-0.4, -0.2) is 0 Å². The third kappa shape index (κ3) is 118. The Morgan fingerprint density at radius 2 is 0.500 bits per heavy atom. The third-order valence-corrected chi connectivity index (χ3v) is 1.11. The molecule has 0 aliphatic rings. The summed E-state index contributed by atoms with van der Waals surface area (Å²) in [5.74, 6) is 0. The van der Waals surface area contributed by atoms with Gasteiger partial charge in [0.05, 0.1) is 0 Å². The van der Waals surface area contributed by atoms with E-state index in [1.807, 2.05) is 60.7 Å². The monoisotopic (exact) mass is 626 g/mol. The SMILES string of the molecule is [CH3-].[CH3-].[CH3-].[CH3-].[CH3-].[CH3-].[CH3-].[CH3-].[CH3-].[CH3-].[Cl][Rh][Cl].[Cl][Rh][Cl].c1cc[cH-]c1.c1cc[cH-]c1. The van der Waals surface area contributed by atoms with Crippen LogP contribution in [-0.2, 0) is 30.3 Å². The predicted molar refractivity (Wildman–Crippen MR) is 132 cm³/mol. The van der Waals surface area contributed by atoms with Crippen molar-refractivity contribution >= 4 is 38.8 Å². The van der Waals surface area contributed by atoms with Crippen LogP contribution < -0.4 is 0 Å². The van der Waals surface area contributed by atoms with Gasteiger partial charge in [0.2, 0.25) is 0 Å². The molecule has 0 bridgehead atoms. The molecule has 0 spiro atoms. The molecule has 0 amide bonds. The van der Waals surface area contributed by atoms with Crippen LogP contribution in [0, 0.1) is 74.3 Å². The standard InChI is InChI=1S/2C5H5.10CH3.4ClH.2Rh/c2*1-2-4-5-3-1;;;;;;;;;;;;;;;;/h2*1-5H;10*1H3;4*1H;;/q12*-1;;;;;2*+2/p-4. The predicted octanol–water partition coefficient (Wildman–Crippen LogP) is 10.1. The van der Waals surface area contributed by atoms with Crippen molar-refractivity contribution in [2.24, 2.45) is 0 Å². The van der Waals surface area contributed by atoms with Crippen molar-refractivity contribution in [3.8, 4) is 0 Å². The Morgan fingerprint density at radius 1 is 0.385 bits per heavy atom. The van der Waals surface area contributed by atoms with E-state index < -0.39 is 0 Å². The Kier molecular flexibility index (Phi) is 298. The fourth-order valence-electron chi connectivity index (χ4n) is 0.642. The third-order valence-electron chi connectivity index (χ3n) is 1.11. The van der Waals surface area contributed by atoms with Crippen LogP contribution in [0.5, 0.6) is 0 Å². The van der Waals surface area contributed by atoms with Crippen molar-refractivity contribution in [2.45, 2.75) is 0 Å². The van der Waals surface area contributed by atoms with Crippen LogP contribution in [0.4, 0.5) is 0 Å². The molecular weight excluding hydrogens is 588 g/mol. The summed E-state index contributed by atoms with van der Waals surface area (Å²) < 4.78 is 0. The van der Waals surface area contributed by atoms with Crippen molar-refractivity contribution in [1.82, 2.24) is 0 Å². The van der Waals surface area contributed by atoms with Crippen molar-refractivity contribution in [3.63, 3.8) is 0 Å². The molecule has 0 N–H and O–H groups in total. The number of halogens is 4. The van der Waals surface area contributed by atoms with E-state index in [2.05, 4.69) is 0 Å². The Hall–Kier alpha value is 1.11. The first-order chi connectivity index (χ1) is 7.83. The molecule has 0 fully saturated rings. The van der Waals surface area contributed by atoms with E-state index in [4.69, 9.17) is 38.8 Å². The van der Waals surface area contributed by atoms with Gasteiger partial charge < -0.3 is 74.3 Å². The van der Waals surface area contributed by atoms with Gasteiger partial charge in [-0.3, -0.25) is 0 Å². The largest absolute Gasteiger partial charge is 0.214 e. The van der Waals surface area contributed by atoms with Gasteiger partial charge >= 0.3 is 69.1 Å². The van der Waals surface area contributed by atoms with Gasteiger partial charge in [-0.2, -0.15) is 36.4 Å². The first-order valence-corrected chi connectivity index (χ1v) is 12.3. The van der Waals surface area contributed by atoms with Gasteiger partial charge in [0, 0.05) is 0 Å². The fraction of sp³-hybridized carbons (Fsp3) is 0. The zero-order chi connectivity index (χ0) is 12.5. The summed E-state index contributed by atoms with van der Waals surface area (Å²) >= 11 is -0.451. The average Bonchev–Trinajstić information content (AvgIpc) is 3.00. The van der Waals surface area contributed by atoms with E-state index in [1.54, 1.807) is 0 Å². The van der Waals surface area contributed by atoms with Crippen LogP contribution in [0.1, 0.15) is 0 Å². The van der Waals surface area contributed by atoms with Crippen LogP contribution in [0.15, 0.2) is 60.7 Å². The number of rotatable bonds is 0. The molecule has 6 heteroatoms. The summed E-state index contributed by atoms with van der Waals surface area (Å²) in [5.41, 5.74) is 0. The molecule has 0 heterocycles. The van der Waals surface area contributed by atoms with Crippen LogP contribution in [0.2, 0.25) is 0 Å². The Bertz CT molecular complexity index is 188. The molecule has 0 aromatic heterocycles. The Morgan fingerprint density at radius 3 is 0.538 bits per heavy atom. The molecule has 0 aliphatic heterocycles. The minimum atomic E-state index is -0.226. The molecular formula is C20H40Cl4Rh2-12. The Labute approximate surface area is 202 Å². The average molecular weight is 628 g/mol. The van der Waals surface area contributed by atoms with Crippen LogP contribution >= 0.6 is 38.8 Å². The summed E-state index contributed by atoms with van der Waals surface area (Å²) in [6, 6.07) is 20.0. The minimum absolute atomic E-state index is 0. The van der Waals surface area contributed by atoms with Crippen molar-refractivity contribution in [3.05, 3.63) is 135 Å². The molecule has 0 saturated heterocycles. The first kappa shape index (κ1) is 81.0. The van der Waals surface area contributed by atoms with Crippen LogP contribution in [0.3, 0.4) is 0 Å². The maximum Gasteiger partial charge on any atom is -0.172 e. The van der Waals surface area contributed by atoms with Crippen molar-refractivity contribution in [2.75, 3.05) is 0 Å². The van der Waals surface area contributed by atoms with Gasteiger partial charge in [-0.1, -0.05) is 0 Å². The topological polar surface area (TPSA) is 0 Å². The van der Waals surface area contributed by atoms with E-state index in [1.165, 1.54) is 0 Å². The zero-order valence-electron chi connectivity index (χ0n) is 18.0. The first-order valence-electron chi connectivity index (χ1n) is 3.84. The summed E-state index contributed by atoms with van der Waals surface area (Å²) in [5, 5.41) is 0. The normalized spacial score (nSPS) is 4.77. The van der Waals surface area contributed by atoms with Gasteiger partial charge in [0.1, 0.15) is 0 Å². The summed E-state index contributed by atoms with van der Waals surface area (Å²) in [6.45, 7) is 0. The van der Waals surface area contributed by atoms with Crippen molar-refractivity contribution < 1.29 is 30.3 Å². The van der Waals surface area contributed by atoms with E-state index >= 15 is 0 Å². The quantitative estimate of drug-likeness (QED) is 0.201. The zero-order valence-corrected chi connectivity index (χ0v) is 24.3. The number of hydrogen-bond acceptors (Lipinski definition) is 0. The van der Waals surface area contributed by atoms with Gasteiger partial charge in [-0.05, 0) is 0 Å². The van der Waals surface area contributed by atoms with Gasteiger partial charge in [0.25, 0.3) is 0 Å². The fourth-order valence-corrected chi connectivity index (χ4v) is 0.642. The summed E-state index contributed by atoms with van der Waals surface area (Å²) in [4.78, 5) is 0. The van der Waals surface area contributed by atoms with Crippen molar-refractivity contribution in [1.29, 1.82) is 0 Å². The second kappa shape index (κ2) is 95.8. The molecule has 2 aromatic rings. The molecule has 0 radical (unpaired) electrons. The van der Waals surface area contributed by atoms with Gasteiger partial charge in [-0.15, -0.1) is 0 Å². The van der Waals surface area contributed by atoms with E-state index in [0.717, 1.165) is 0 Å². The maximum absolute atomic E-state index is 4.83. The van der Waals surface area contributed by atoms with Gasteiger partial charge in [0.15, 0.2) is 0 Å². The van der Waals surface area contributed by atoms with E-state index in [0.29, 0.717) is 0 Å². The molecule has 26 heavy (non-hydrogen) atoms. The number of hydrogen-bond donors (Lipinski definition) is 0. The summed E-state index contributed by atoms with van der Waals surface area (Å²) in [7, 11) is 19.3. The molecule has 0 unspecified atom stereocenters. The van der Waals surface area contributed by atoms with E-state index in [9.17, 15) is 0 Å². The molecule has 0 saturated carbocycles. The van der Waals surface area contributed by atoms with E-state index in [-0.39, 0.29) is 105 Å². The smallest absolute Gasteiger partial charge is 0.172 e. The minimum Gasteiger partial charge on any atom is -0.214 e. The molecule has 2 rings (SSSR count). The second-order valence-electron chi connectivity index (χ2n) is 2.02. The molecule has 0 aliphatic carbocycles. The second-order valence-corrected chi connectivity index (χ2v) is 7.00. The van der Waals surface area contributed by atoms with Crippen LogP contribution in [0.25, 0.3) is 0 Å². The molecule has 178 valence electrons. The maximum atomic E-state index is 4.83. The molecule has 2 aromatic carbocycles. The Balaban J connectivity index is -0.00000000910. The molecule has 0 atom stereocenters. The van der Waals surface area contributed by atoms with Gasteiger partial charge in [-0.25, -0.2) is 24.3 Å². The molecule has 0 nitrogen and oxygen atoms in total.